The van der Waals surface area contributed by atoms with Gasteiger partial charge in [-0.3, -0.25) is 9.59 Å². The SMILES string of the molecule is CC[NH+](CC)CCN1C(=O)C(O)=C(C(=O)c2ccco2)[C@@H]1c1ccco1. The highest BCUT2D eigenvalue weighted by molar-refractivity contribution is 6.14. The Morgan fingerprint density at radius 2 is 1.88 bits per heavy atom. The maximum Gasteiger partial charge on any atom is 0.290 e. The van der Waals surface area contributed by atoms with E-state index >= 15 is 0 Å². The summed E-state index contributed by atoms with van der Waals surface area (Å²) in [4.78, 5) is 28.3. The second-order valence-electron chi connectivity index (χ2n) is 6.19. The number of aliphatic hydroxyl groups is 1. The van der Waals surface area contributed by atoms with Crippen LogP contribution in [0.15, 0.2) is 57.0 Å². The van der Waals surface area contributed by atoms with Crippen molar-refractivity contribution in [3.8, 4) is 0 Å². The lowest BCUT2D eigenvalue weighted by molar-refractivity contribution is -0.895. The van der Waals surface area contributed by atoms with Gasteiger partial charge in [-0.05, 0) is 38.1 Å². The smallest absolute Gasteiger partial charge is 0.290 e. The number of aliphatic hydroxyl groups excluding tert-OH is 1. The zero-order valence-electron chi connectivity index (χ0n) is 14.9. The van der Waals surface area contributed by atoms with Gasteiger partial charge < -0.3 is 23.7 Å². The number of furan rings is 2. The number of nitrogens with zero attached hydrogens (tertiary/aromatic N) is 1. The molecule has 0 bridgehead atoms. The maximum absolute atomic E-state index is 12.8. The standard InChI is InChI=1S/C19H22N2O5/c1-3-20(4-2)9-10-21-16(13-7-5-11-25-13)15(18(23)19(21)24)17(22)14-8-6-12-26-14/h5-8,11-12,16,23H,3-4,9-10H2,1-2H3/p+1/t16-/m0/s1. The quantitative estimate of drug-likeness (QED) is 0.695. The molecule has 0 fully saturated rings. The van der Waals surface area contributed by atoms with E-state index < -0.39 is 23.5 Å². The number of amides is 1. The van der Waals surface area contributed by atoms with E-state index in [9.17, 15) is 14.7 Å². The van der Waals surface area contributed by atoms with Crippen LogP contribution < -0.4 is 4.90 Å². The lowest BCUT2D eigenvalue weighted by Gasteiger charge is -2.26. The summed E-state index contributed by atoms with van der Waals surface area (Å²) in [7, 11) is 0. The first-order chi connectivity index (χ1) is 12.6. The van der Waals surface area contributed by atoms with Gasteiger partial charge in [0.05, 0.1) is 44.3 Å². The minimum Gasteiger partial charge on any atom is -0.503 e. The van der Waals surface area contributed by atoms with Crippen molar-refractivity contribution in [3.63, 3.8) is 0 Å². The molecule has 1 amide bonds. The number of rotatable bonds is 8. The van der Waals surface area contributed by atoms with Crippen LogP contribution in [0.25, 0.3) is 0 Å². The average Bonchev–Trinajstić information content (AvgIpc) is 3.39. The molecule has 138 valence electrons. The van der Waals surface area contributed by atoms with Gasteiger partial charge in [0, 0.05) is 0 Å². The van der Waals surface area contributed by atoms with Crippen molar-refractivity contribution in [1.82, 2.24) is 4.90 Å². The average molecular weight is 359 g/mol. The molecule has 7 nitrogen and oxygen atoms in total. The van der Waals surface area contributed by atoms with E-state index in [2.05, 4.69) is 13.8 Å². The maximum atomic E-state index is 12.8. The topological polar surface area (TPSA) is 88.3 Å². The molecule has 26 heavy (non-hydrogen) atoms. The number of likely N-dealkylation sites (N-methyl/N-ethyl adjacent to an activating group) is 1. The summed E-state index contributed by atoms with van der Waals surface area (Å²) in [5, 5.41) is 10.4. The summed E-state index contributed by atoms with van der Waals surface area (Å²) >= 11 is 0. The molecule has 0 unspecified atom stereocenters. The van der Waals surface area contributed by atoms with Crippen LogP contribution in [0.3, 0.4) is 0 Å². The third-order valence-electron chi connectivity index (χ3n) is 4.81. The second kappa shape index (κ2) is 7.61. The first-order valence-electron chi connectivity index (χ1n) is 8.77. The number of hydrogen-bond acceptors (Lipinski definition) is 5. The van der Waals surface area contributed by atoms with Gasteiger partial charge in [-0.25, -0.2) is 0 Å². The normalized spacial score (nSPS) is 17.6. The van der Waals surface area contributed by atoms with Crippen molar-refractivity contribution >= 4 is 11.7 Å². The number of carbonyl (C=O) groups is 2. The van der Waals surface area contributed by atoms with Gasteiger partial charge in [-0.1, -0.05) is 0 Å². The van der Waals surface area contributed by atoms with Crippen LogP contribution in [-0.2, 0) is 4.79 Å². The molecule has 3 rings (SSSR count). The molecule has 3 heterocycles. The van der Waals surface area contributed by atoms with E-state index in [4.69, 9.17) is 8.83 Å². The van der Waals surface area contributed by atoms with Crippen molar-refractivity contribution in [1.29, 1.82) is 0 Å². The third-order valence-corrected chi connectivity index (χ3v) is 4.81. The molecule has 7 heteroatoms. The van der Waals surface area contributed by atoms with Crippen LogP contribution in [0.1, 0.15) is 36.2 Å². The molecular weight excluding hydrogens is 336 g/mol. The minimum atomic E-state index is -0.759. The molecule has 2 aromatic rings. The Kier molecular flexibility index (Phi) is 5.27. The van der Waals surface area contributed by atoms with E-state index in [0.29, 0.717) is 18.8 Å². The van der Waals surface area contributed by atoms with Gasteiger partial charge in [0.15, 0.2) is 11.5 Å². The van der Waals surface area contributed by atoms with E-state index in [1.165, 1.54) is 28.4 Å². The summed E-state index contributed by atoms with van der Waals surface area (Å²) < 4.78 is 10.6. The molecule has 0 spiro atoms. The van der Waals surface area contributed by atoms with E-state index in [0.717, 1.165) is 13.1 Å². The number of nitrogens with one attached hydrogen (secondary N) is 1. The summed E-state index contributed by atoms with van der Waals surface area (Å²) in [6.07, 6.45) is 2.86. The summed E-state index contributed by atoms with van der Waals surface area (Å²) in [5.74, 6) is -1.10. The third kappa shape index (κ3) is 3.17. The van der Waals surface area contributed by atoms with Gasteiger partial charge >= 0.3 is 0 Å². The van der Waals surface area contributed by atoms with Crippen LogP contribution in [0.5, 0.6) is 0 Å². The number of carbonyl (C=O) groups excluding carboxylic acids is 2. The summed E-state index contributed by atoms with van der Waals surface area (Å²) in [5.41, 5.74) is -0.00514. The molecule has 0 aromatic carbocycles. The fourth-order valence-corrected chi connectivity index (χ4v) is 3.28. The molecule has 0 saturated heterocycles. The Morgan fingerprint density at radius 3 is 2.46 bits per heavy atom. The Bertz CT molecular complexity index is 788. The molecule has 0 saturated carbocycles. The predicted molar refractivity (Wildman–Crippen MR) is 92.8 cm³/mol. The van der Waals surface area contributed by atoms with Crippen molar-refractivity contribution in [3.05, 3.63) is 59.6 Å². The van der Waals surface area contributed by atoms with Gasteiger partial charge in [0.1, 0.15) is 11.8 Å². The fraction of sp³-hybridized carbons (Fsp3) is 0.368. The molecule has 0 radical (unpaired) electrons. The summed E-state index contributed by atoms with van der Waals surface area (Å²) in [6, 6.07) is 5.73. The molecule has 0 aliphatic carbocycles. The van der Waals surface area contributed by atoms with E-state index in [1.54, 1.807) is 18.2 Å². The number of Topliss-reactive ketones (excluding diaryl/α,β-unsaturated/α-hetero) is 1. The van der Waals surface area contributed by atoms with E-state index in [1.807, 2.05) is 0 Å². The Morgan fingerprint density at radius 1 is 1.19 bits per heavy atom. The lowest BCUT2D eigenvalue weighted by Crippen LogP contribution is -3.12. The largest absolute Gasteiger partial charge is 0.503 e. The second-order valence-corrected chi connectivity index (χ2v) is 6.19. The van der Waals surface area contributed by atoms with Crippen molar-refractivity contribution in [2.45, 2.75) is 19.9 Å². The Labute approximate surface area is 151 Å². The van der Waals surface area contributed by atoms with Crippen LogP contribution in [0, 0.1) is 0 Å². The highest BCUT2D eigenvalue weighted by atomic mass is 16.3. The molecule has 2 N–H and O–H groups in total. The van der Waals surface area contributed by atoms with Gasteiger partial charge in [-0.15, -0.1) is 0 Å². The van der Waals surface area contributed by atoms with E-state index in [-0.39, 0.29) is 11.3 Å². The lowest BCUT2D eigenvalue weighted by atomic mass is 10.00. The first-order valence-corrected chi connectivity index (χ1v) is 8.77. The van der Waals surface area contributed by atoms with Gasteiger partial charge in [0.2, 0.25) is 5.78 Å². The van der Waals surface area contributed by atoms with Gasteiger partial charge in [-0.2, -0.15) is 0 Å². The van der Waals surface area contributed by atoms with Crippen LogP contribution in [0.2, 0.25) is 0 Å². The van der Waals surface area contributed by atoms with Crippen molar-refractivity contribution < 1.29 is 28.4 Å². The fourth-order valence-electron chi connectivity index (χ4n) is 3.28. The predicted octanol–water partition coefficient (Wildman–Crippen LogP) is 1.38. The molecule has 1 atom stereocenters. The van der Waals surface area contributed by atoms with Crippen molar-refractivity contribution in [2.24, 2.45) is 0 Å². The van der Waals surface area contributed by atoms with Crippen LogP contribution in [0.4, 0.5) is 0 Å². The molecule has 1 aliphatic heterocycles. The van der Waals surface area contributed by atoms with Crippen LogP contribution in [-0.4, -0.2) is 47.9 Å². The van der Waals surface area contributed by atoms with Gasteiger partial charge in [0.25, 0.3) is 5.91 Å². The Balaban J connectivity index is 1.94. The molecule has 2 aromatic heterocycles. The zero-order chi connectivity index (χ0) is 18.7. The monoisotopic (exact) mass is 359 g/mol. The minimum absolute atomic E-state index is 0.00514. The highest BCUT2D eigenvalue weighted by Crippen LogP contribution is 2.38. The number of quaternary nitrogens is 1. The zero-order valence-corrected chi connectivity index (χ0v) is 14.9. The van der Waals surface area contributed by atoms with Crippen molar-refractivity contribution in [2.75, 3.05) is 26.2 Å². The first kappa shape index (κ1) is 18.0. The highest BCUT2D eigenvalue weighted by Gasteiger charge is 2.45. The molecular formula is C19H23N2O5+. The molecule has 1 aliphatic rings. The Hall–Kier alpha value is -2.80. The number of hydrogen-bond donors (Lipinski definition) is 2. The van der Waals surface area contributed by atoms with Crippen LogP contribution >= 0.6 is 0 Å². The summed E-state index contributed by atoms with van der Waals surface area (Å²) in [6.45, 7) is 7.14. The number of ketones is 1.